The van der Waals surface area contributed by atoms with Gasteiger partial charge in [-0.1, -0.05) is 18.2 Å². The van der Waals surface area contributed by atoms with Gasteiger partial charge >= 0.3 is 0 Å². The SMILES string of the molecule is O=C(Nc1ccn(CCO)n1)/C(=C/[C@H]1C[C@@H](F)[C@@H](F)C1)c1ccc(S(=O)(=O)C2CC2)cc1. The van der Waals surface area contributed by atoms with Gasteiger partial charge in [0.25, 0.3) is 5.91 Å². The van der Waals surface area contributed by atoms with Crippen molar-refractivity contribution in [2.75, 3.05) is 11.9 Å². The first-order valence-corrected chi connectivity index (χ1v) is 12.1. The number of nitrogens with one attached hydrogen (secondary N) is 1. The van der Waals surface area contributed by atoms with E-state index in [0.717, 1.165) is 0 Å². The van der Waals surface area contributed by atoms with Crippen molar-refractivity contribution in [1.82, 2.24) is 9.78 Å². The lowest BCUT2D eigenvalue weighted by molar-refractivity contribution is -0.111. The summed E-state index contributed by atoms with van der Waals surface area (Å²) in [5, 5.41) is 15.5. The van der Waals surface area contributed by atoms with Gasteiger partial charge in [-0.25, -0.2) is 17.2 Å². The van der Waals surface area contributed by atoms with Gasteiger partial charge < -0.3 is 10.4 Å². The fraction of sp³-hybridized carbons (Fsp3) is 0.455. The van der Waals surface area contributed by atoms with Crippen LogP contribution in [0.2, 0.25) is 0 Å². The minimum Gasteiger partial charge on any atom is -0.394 e. The van der Waals surface area contributed by atoms with Gasteiger partial charge in [0.2, 0.25) is 0 Å². The number of rotatable bonds is 8. The summed E-state index contributed by atoms with van der Waals surface area (Å²) in [6, 6.07) is 7.58. The number of aromatic nitrogens is 2. The van der Waals surface area contributed by atoms with Crippen LogP contribution in [0.5, 0.6) is 0 Å². The number of hydrogen-bond donors (Lipinski definition) is 2. The molecule has 1 aromatic heterocycles. The second-order valence-corrected chi connectivity index (χ2v) is 10.5. The van der Waals surface area contributed by atoms with E-state index in [2.05, 4.69) is 10.4 Å². The third-order valence-corrected chi connectivity index (χ3v) is 8.04. The Labute approximate surface area is 185 Å². The van der Waals surface area contributed by atoms with Crippen LogP contribution in [0, 0.1) is 5.92 Å². The first-order chi connectivity index (χ1) is 15.3. The molecule has 3 atom stereocenters. The van der Waals surface area contributed by atoms with Gasteiger partial charge in [-0.3, -0.25) is 9.48 Å². The summed E-state index contributed by atoms with van der Waals surface area (Å²) in [5.41, 5.74) is 0.646. The molecule has 2 fully saturated rings. The van der Waals surface area contributed by atoms with Crippen molar-refractivity contribution in [3.8, 4) is 0 Å². The van der Waals surface area contributed by atoms with E-state index >= 15 is 0 Å². The van der Waals surface area contributed by atoms with E-state index < -0.39 is 34.0 Å². The average Bonchev–Trinajstić information content (AvgIpc) is 3.47. The fourth-order valence-corrected chi connectivity index (χ4v) is 5.54. The Hall–Kier alpha value is -2.59. The number of benzene rings is 1. The summed E-state index contributed by atoms with van der Waals surface area (Å²) < 4.78 is 53.8. The Morgan fingerprint density at radius 2 is 1.81 bits per heavy atom. The Morgan fingerprint density at radius 1 is 1.16 bits per heavy atom. The summed E-state index contributed by atoms with van der Waals surface area (Å²) in [6.07, 6.45) is 1.28. The Morgan fingerprint density at radius 3 is 2.41 bits per heavy atom. The number of carbonyl (C=O) groups is 1. The van der Waals surface area contributed by atoms with Crippen molar-refractivity contribution in [1.29, 1.82) is 0 Å². The number of amides is 1. The molecule has 0 aliphatic heterocycles. The van der Waals surface area contributed by atoms with Gasteiger partial charge in [-0.15, -0.1) is 0 Å². The highest BCUT2D eigenvalue weighted by Gasteiger charge is 2.37. The Bertz CT molecular complexity index is 1100. The average molecular weight is 466 g/mol. The van der Waals surface area contributed by atoms with Crippen molar-refractivity contribution in [3.05, 3.63) is 48.2 Å². The highest BCUT2D eigenvalue weighted by Crippen LogP contribution is 2.36. The molecule has 1 aromatic carbocycles. The summed E-state index contributed by atoms with van der Waals surface area (Å²) >= 11 is 0. The number of halogens is 2. The number of carbonyl (C=O) groups excluding carboxylic acids is 1. The lowest BCUT2D eigenvalue weighted by atomic mass is 9.98. The lowest BCUT2D eigenvalue weighted by Crippen LogP contribution is -2.16. The number of hydrogen-bond acceptors (Lipinski definition) is 5. The predicted molar refractivity (Wildman–Crippen MR) is 115 cm³/mol. The largest absolute Gasteiger partial charge is 0.394 e. The minimum atomic E-state index is -3.37. The second-order valence-electron chi connectivity index (χ2n) is 8.25. The van der Waals surface area contributed by atoms with Crippen LogP contribution in [0.15, 0.2) is 47.5 Å². The normalized spacial score (nSPS) is 24.0. The van der Waals surface area contributed by atoms with Crippen LogP contribution < -0.4 is 5.32 Å². The maximum Gasteiger partial charge on any atom is 0.257 e. The van der Waals surface area contributed by atoms with Gasteiger partial charge in [0.1, 0.15) is 12.3 Å². The number of aliphatic hydroxyl groups excluding tert-OH is 1. The van der Waals surface area contributed by atoms with E-state index in [-0.39, 0.29) is 47.5 Å². The van der Waals surface area contributed by atoms with Crippen molar-refractivity contribution >= 4 is 27.1 Å². The molecule has 0 saturated heterocycles. The van der Waals surface area contributed by atoms with Crippen LogP contribution in [-0.4, -0.2) is 53.4 Å². The summed E-state index contributed by atoms with van der Waals surface area (Å²) in [7, 11) is -3.37. The number of alkyl halides is 2. The summed E-state index contributed by atoms with van der Waals surface area (Å²) in [6.45, 7) is 0.167. The maximum absolute atomic E-state index is 13.7. The molecule has 2 saturated carbocycles. The van der Waals surface area contributed by atoms with Gasteiger partial charge in [0, 0.05) is 17.8 Å². The molecule has 2 aromatic rings. The van der Waals surface area contributed by atoms with Crippen molar-refractivity contribution in [2.45, 2.75) is 54.7 Å². The highest BCUT2D eigenvalue weighted by molar-refractivity contribution is 7.92. The number of anilines is 1. The zero-order chi connectivity index (χ0) is 22.9. The molecule has 2 N–H and O–H groups in total. The Kier molecular flexibility index (Phi) is 6.43. The van der Waals surface area contributed by atoms with Crippen molar-refractivity contribution < 1.29 is 27.1 Å². The van der Waals surface area contributed by atoms with Crippen molar-refractivity contribution in [3.63, 3.8) is 0 Å². The minimum absolute atomic E-state index is 0.0167. The van der Waals surface area contributed by atoms with E-state index in [1.807, 2.05) is 0 Å². The molecule has 7 nitrogen and oxygen atoms in total. The summed E-state index contributed by atoms with van der Waals surface area (Å²) in [4.78, 5) is 13.2. The molecule has 10 heteroatoms. The van der Waals surface area contributed by atoms with Crippen LogP contribution in [0.3, 0.4) is 0 Å². The zero-order valence-corrected chi connectivity index (χ0v) is 18.1. The molecule has 0 radical (unpaired) electrons. The second kappa shape index (κ2) is 9.11. The van der Waals surface area contributed by atoms with E-state index in [1.54, 1.807) is 30.5 Å². The van der Waals surface area contributed by atoms with Gasteiger partial charge in [-0.05, 0) is 49.3 Å². The number of nitrogens with zero attached hydrogens (tertiary/aromatic N) is 2. The standard InChI is InChI=1S/C22H25F2N3O4S/c23-19-12-14(13-20(19)24)11-18(22(29)25-21-7-8-27(26-21)9-10-28)15-1-3-16(4-2-15)32(30,31)17-5-6-17/h1-4,7-8,11,14,17,19-20,28H,5-6,9-10,12-13H2,(H,25,26,29)/b18-11+/t14-,19+,20-. The molecular weight excluding hydrogens is 440 g/mol. The van der Waals surface area contributed by atoms with Gasteiger partial charge in [-0.2, -0.15) is 5.10 Å². The topological polar surface area (TPSA) is 101 Å². The lowest BCUT2D eigenvalue weighted by Gasteiger charge is -2.12. The number of aliphatic hydroxyl groups is 1. The first kappa shape index (κ1) is 22.6. The third kappa shape index (κ3) is 4.91. The van der Waals surface area contributed by atoms with E-state index in [1.165, 1.54) is 16.8 Å². The summed E-state index contributed by atoms with van der Waals surface area (Å²) in [5.74, 6) is -0.710. The smallest absolute Gasteiger partial charge is 0.257 e. The van der Waals surface area contributed by atoms with Crippen LogP contribution in [-0.2, 0) is 21.2 Å². The molecule has 1 amide bonds. The Balaban J connectivity index is 1.60. The maximum atomic E-state index is 13.7. The molecular formula is C22H25F2N3O4S. The van der Waals surface area contributed by atoms with E-state index in [0.29, 0.717) is 18.4 Å². The van der Waals surface area contributed by atoms with E-state index in [9.17, 15) is 22.0 Å². The molecule has 0 unspecified atom stereocenters. The van der Waals surface area contributed by atoms with Crippen LogP contribution in [0.25, 0.3) is 5.57 Å². The van der Waals surface area contributed by atoms with Gasteiger partial charge in [0.05, 0.1) is 23.3 Å². The fourth-order valence-electron chi connectivity index (χ4n) is 3.88. The first-order valence-electron chi connectivity index (χ1n) is 10.6. The molecule has 2 aliphatic rings. The molecule has 4 rings (SSSR count). The van der Waals surface area contributed by atoms with Crippen LogP contribution >= 0.6 is 0 Å². The van der Waals surface area contributed by atoms with Crippen LogP contribution in [0.4, 0.5) is 14.6 Å². The zero-order valence-electron chi connectivity index (χ0n) is 17.3. The van der Waals surface area contributed by atoms with Crippen molar-refractivity contribution in [2.24, 2.45) is 5.92 Å². The highest BCUT2D eigenvalue weighted by atomic mass is 32.2. The predicted octanol–water partition coefficient (Wildman–Crippen LogP) is 2.92. The molecule has 0 spiro atoms. The third-order valence-electron chi connectivity index (χ3n) is 5.76. The van der Waals surface area contributed by atoms with Crippen LogP contribution in [0.1, 0.15) is 31.2 Å². The number of allylic oxidation sites excluding steroid dienone is 1. The number of sulfone groups is 1. The van der Waals surface area contributed by atoms with E-state index in [4.69, 9.17) is 5.11 Å². The molecule has 0 bridgehead atoms. The molecule has 1 heterocycles. The monoisotopic (exact) mass is 465 g/mol. The van der Waals surface area contributed by atoms with Gasteiger partial charge in [0.15, 0.2) is 15.7 Å². The molecule has 32 heavy (non-hydrogen) atoms. The molecule has 172 valence electrons. The quantitative estimate of drug-likeness (QED) is 0.584. The molecule has 2 aliphatic carbocycles.